The molecule has 18 heavy (non-hydrogen) atoms. The van der Waals surface area contributed by atoms with Gasteiger partial charge in [0.2, 0.25) is 0 Å². The number of aliphatic carboxylic acids is 1. The molecule has 0 atom stereocenters. The van der Waals surface area contributed by atoms with E-state index in [0.717, 1.165) is 11.5 Å². The third kappa shape index (κ3) is 3.94. The zero-order chi connectivity index (χ0) is 13.5. The number of carboxylic acids is 1. The fourth-order valence-corrected chi connectivity index (χ4v) is 1.45. The number of nitriles is 1. The minimum absolute atomic E-state index is 0.00287. The molecule has 0 amide bonds. The maximum Gasteiger partial charge on any atom is 0.305 e. The van der Waals surface area contributed by atoms with Gasteiger partial charge in [-0.3, -0.25) is 4.79 Å². The van der Waals surface area contributed by atoms with Crippen molar-refractivity contribution in [2.75, 3.05) is 37.0 Å². The first-order valence-corrected chi connectivity index (χ1v) is 5.51. The summed E-state index contributed by atoms with van der Waals surface area (Å²) >= 11 is 0. The van der Waals surface area contributed by atoms with Gasteiger partial charge in [0.15, 0.2) is 0 Å². The highest BCUT2D eigenvalue weighted by molar-refractivity contribution is 5.67. The molecule has 1 aromatic heterocycles. The van der Waals surface area contributed by atoms with Crippen LogP contribution in [0.15, 0.2) is 18.3 Å². The van der Waals surface area contributed by atoms with Crippen molar-refractivity contribution >= 4 is 17.5 Å². The molecule has 1 rings (SSSR count). The molecular formula is C12H16N4O2. The van der Waals surface area contributed by atoms with Crippen LogP contribution in [0.3, 0.4) is 0 Å². The van der Waals surface area contributed by atoms with Gasteiger partial charge in [0, 0.05) is 20.6 Å². The number of rotatable bonds is 6. The van der Waals surface area contributed by atoms with Crippen molar-refractivity contribution in [2.45, 2.75) is 6.42 Å². The van der Waals surface area contributed by atoms with Gasteiger partial charge in [-0.15, -0.1) is 0 Å². The first-order chi connectivity index (χ1) is 8.54. The van der Waals surface area contributed by atoms with E-state index in [1.165, 1.54) is 0 Å². The van der Waals surface area contributed by atoms with E-state index in [-0.39, 0.29) is 13.0 Å². The highest BCUT2D eigenvalue weighted by Gasteiger charge is 2.09. The lowest BCUT2D eigenvalue weighted by Crippen LogP contribution is -2.26. The summed E-state index contributed by atoms with van der Waals surface area (Å²) in [7, 11) is 3.78. The molecule has 1 aromatic rings. The van der Waals surface area contributed by atoms with E-state index in [2.05, 4.69) is 4.98 Å². The lowest BCUT2D eigenvalue weighted by Gasteiger charge is -2.21. The summed E-state index contributed by atoms with van der Waals surface area (Å²) in [4.78, 5) is 18.4. The number of nitrogens with zero attached hydrogens (tertiary/aromatic N) is 4. The Balaban J connectivity index is 2.79. The van der Waals surface area contributed by atoms with Crippen LogP contribution in [0.2, 0.25) is 0 Å². The molecule has 0 aromatic carbocycles. The average molecular weight is 248 g/mol. The summed E-state index contributed by atoms with van der Waals surface area (Å²) < 4.78 is 0. The number of aromatic nitrogens is 1. The van der Waals surface area contributed by atoms with Crippen LogP contribution >= 0.6 is 0 Å². The molecule has 0 saturated carbocycles. The lowest BCUT2D eigenvalue weighted by molar-refractivity contribution is -0.136. The van der Waals surface area contributed by atoms with Crippen molar-refractivity contribution in [3.63, 3.8) is 0 Å². The fraction of sp³-hybridized carbons (Fsp3) is 0.417. The van der Waals surface area contributed by atoms with Crippen LogP contribution in [0.25, 0.3) is 0 Å². The summed E-state index contributed by atoms with van der Waals surface area (Å²) in [6.45, 7) is 0.447. The topological polar surface area (TPSA) is 80.5 Å². The van der Waals surface area contributed by atoms with E-state index in [1.54, 1.807) is 11.1 Å². The third-order valence-electron chi connectivity index (χ3n) is 2.41. The molecule has 0 saturated heterocycles. The number of carboxylic acid groups (broad SMARTS) is 1. The van der Waals surface area contributed by atoms with Crippen molar-refractivity contribution < 1.29 is 9.90 Å². The van der Waals surface area contributed by atoms with Crippen molar-refractivity contribution in [3.05, 3.63) is 18.3 Å². The van der Waals surface area contributed by atoms with Crippen LogP contribution in [0, 0.1) is 11.3 Å². The number of hydrogen-bond donors (Lipinski definition) is 1. The van der Waals surface area contributed by atoms with Crippen molar-refractivity contribution in [1.29, 1.82) is 5.26 Å². The molecule has 1 N–H and O–H groups in total. The number of hydrogen-bond acceptors (Lipinski definition) is 5. The van der Waals surface area contributed by atoms with Gasteiger partial charge < -0.3 is 14.9 Å². The van der Waals surface area contributed by atoms with Gasteiger partial charge in [-0.1, -0.05) is 0 Å². The normalized spacial score (nSPS) is 9.61. The summed E-state index contributed by atoms with van der Waals surface area (Å²) in [5.74, 6) is -0.0651. The average Bonchev–Trinajstić information content (AvgIpc) is 2.34. The van der Waals surface area contributed by atoms with E-state index >= 15 is 0 Å². The van der Waals surface area contributed by atoms with Crippen LogP contribution in [0.5, 0.6) is 0 Å². The standard InChI is InChI=1S/C12H16N4O2/c1-15(2)11-4-3-10(9-14-11)16(8-6-13)7-5-12(17)18/h3-4,9H,5,7-8H2,1-2H3,(H,17,18). The molecule has 0 spiro atoms. The zero-order valence-corrected chi connectivity index (χ0v) is 10.5. The van der Waals surface area contributed by atoms with Crippen LogP contribution in [0.4, 0.5) is 11.5 Å². The van der Waals surface area contributed by atoms with Gasteiger partial charge in [0.05, 0.1) is 24.4 Å². The molecule has 0 unspecified atom stereocenters. The largest absolute Gasteiger partial charge is 0.481 e. The highest BCUT2D eigenvalue weighted by Crippen LogP contribution is 2.16. The maximum atomic E-state index is 10.6. The highest BCUT2D eigenvalue weighted by atomic mass is 16.4. The molecule has 0 aliphatic rings. The Morgan fingerprint density at radius 2 is 2.22 bits per heavy atom. The summed E-state index contributed by atoms with van der Waals surface area (Å²) in [6.07, 6.45) is 1.64. The number of pyridine rings is 1. The Kier molecular flexibility index (Phi) is 4.93. The van der Waals surface area contributed by atoms with Crippen LogP contribution in [-0.4, -0.2) is 43.2 Å². The molecule has 96 valence electrons. The Hall–Kier alpha value is -2.29. The molecule has 6 heteroatoms. The first-order valence-electron chi connectivity index (χ1n) is 5.51. The molecule has 6 nitrogen and oxygen atoms in total. The maximum absolute atomic E-state index is 10.6. The van der Waals surface area contributed by atoms with Crippen molar-refractivity contribution in [2.24, 2.45) is 0 Å². The predicted molar refractivity (Wildman–Crippen MR) is 68.6 cm³/mol. The lowest BCUT2D eigenvalue weighted by atomic mass is 10.3. The molecular weight excluding hydrogens is 232 g/mol. The quantitative estimate of drug-likeness (QED) is 0.755. The second kappa shape index (κ2) is 6.45. The van der Waals surface area contributed by atoms with Gasteiger partial charge in [-0.2, -0.15) is 5.26 Å². The number of carbonyl (C=O) groups is 1. The van der Waals surface area contributed by atoms with E-state index in [9.17, 15) is 4.79 Å². The van der Waals surface area contributed by atoms with Crippen LogP contribution in [0.1, 0.15) is 6.42 Å². The van der Waals surface area contributed by atoms with Gasteiger partial charge in [-0.05, 0) is 12.1 Å². The minimum atomic E-state index is -0.879. The fourth-order valence-electron chi connectivity index (χ4n) is 1.45. The SMILES string of the molecule is CN(C)c1ccc(N(CC#N)CCC(=O)O)cn1. The minimum Gasteiger partial charge on any atom is -0.481 e. The van der Waals surface area contributed by atoms with E-state index < -0.39 is 5.97 Å². The monoisotopic (exact) mass is 248 g/mol. The molecule has 0 fully saturated rings. The Labute approximate surface area is 106 Å². The van der Waals surface area contributed by atoms with E-state index in [1.807, 2.05) is 37.2 Å². The Bertz CT molecular complexity index is 436. The van der Waals surface area contributed by atoms with E-state index in [0.29, 0.717) is 6.54 Å². The summed E-state index contributed by atoms with van der Waals surface area (Å²) in [6, 6.07) is 5.69. The summed E-state index contributed by atoms with van der Waals surface area (Å²) in [5.41, 5.74) is 0.753. The molecule has 1 heterocycles. The second-order valence-electron chi connectivity index (χ2n) is 3.99. The van der Waals surface area contributed by atoms with Crippen molar-refractivity contribution in [3.8, 4) is 6.07 Å². The molecule has 0 bridgehead atoms. The van der Waals surface area contributed by atoms with Crippen molar-refractivity contribution in [1.82, 2.24) is 4.98 Å². The van der Waals surface area contributed by atoms with Gasteiger partial charge >= 0.3 is 5.97 Å². The van der Waals surface area contributed by atoms with Gasteiger partial charge in [0.25, 0.3) is 0 Å². The predicted octanol–water partition coefficient (Wildman–Crippen LogP) is 0.952. The smallest absolute Gasteiger partial charge is 0.305 e. The molecule has 0 aliphatic carbocycles. The Morgan fingerprint density at radius 3 is 2.67 bits per heavy atom. The second-order valence-corrected chi connectivity index (χ2v) is 3.99. The Morgan fingerprint density at radius 1 is 1.50 bits per heavy atom. The van der Waals surface area contributed by atoms with E-state index in [4.69, 9.17) is 10.4 Å². The molecule has 0 aliphatic heterocycles. The van der Waals surface area contributed by atoms with Crippen LogP contribution in [-0.2, 0) is 4.79 Å². The summed E-state index contributed by atoms with van der Waals surface area (Å²) in [5, 5.41) is 17.4. The van der Waals surface area contributed by atoms with Crippen LogP contribution < -0.4 is 9.80 Å². The van der Waals surface area contributed by atoms with Gasteiger partial charge in [-0.25, -0.2) is 4.98 Å². The third-order valence-corrected chi connectivity index (χ3v) is 2.41. The molecule has 0 radical (unpaired) electrons. The first kappa shape index (κ1) is 13.8. The zero-order valence-electron chi connectivity index (χ0n) is 10.5. The number of anilines is 2. The van der Waals surface area contributed by atoms with Gasteiger partial charge in [0.1, 0.15) is 12.4 Å².